The van der Waals surface area contributed by atoms with E-state index in [1.165, 1.54) is 0 Å². The molecule has 0 radical (unpaired) electrons. The molecule has 0 aliphatic rings. The van der Waals surface area contributed by atoms with Crippen molar-refractivity contribution >= 4 is 26.0 Å². The Morgan fingerprint density at radius 3 is 1.69 bits per heavy atom. The Balaban J connectivity index is 4.16. The Morgan fingerprint density at radius 1 is 0.938 bits per heavy atom. The van der Waals surface area contributed by atoms with Gasteiger partial charge < -0.3 is 0 Å². The summed E-state index contributed by atoms with van der Waals surface area (Å²) in [7, 11) is -3.07. The summed E-state index contributed by atoms with van der Waals surface area (Å²) in [4.78, 5) is 0. The first kappa shape index (κ1) is 16.4. The number of sulfonamides is 1. The Morgan fingerprint density at radius 2 is 1.38 bits per heavy atom. The van der Waals surface area contributed by atoms with Crippen LogP contribution in [0, 0.1) is 0 Å². The molecule has 0 unspecified atom stereocenters. The number of hydrogen-bond acceptors (Lipinski definition) is 2. The smallest absolute Gasteiger partial charge is 0.211 e. The maximum absolute atomic E-state index is 11.8. The first-order chi connectivity index (χ1) is 7.58. The summed E-state index contributed by atoms with van der Waals surface area (Å²) in [6.45, 7) is 5.60. The zero-order valence-corrected chi connectivity index (χ0v) is 12.8. The van der Waals surface area contributed by atoms with Gasteiger partial charge in [-0.3, -0.25) is 0 Å². The largest absolute Gasteiger partial charge is 0.224 e. The van der Waals surface area contributed by atoms with Crippen molar-refractivity contribution in [1.82, 2.24) is 4.31 Å². The highest BCUT2D eigenvalue weighted by Gasteiger charge is 2.19. The van der Waals surface area contributed by atoms with Crippen LogP contribution in [0.15, 0.2) is 0 Å². The van der Waals surface area contributed by atoms with E-state index in [0.29, 0.717) is 13.1 Å². The van der Waals surface area contributed by atoms with E-state index in [-0.39, 0.29) is 4.66 Å². The van der Waals surface area contributed by atoms with Gasteiger partial charge in [0.25, 0.3) is 0 Å². The van der Waals surface area contributed by atoms with Crippen molar-refractivity contribution in [3.05, 3.63) is 0 Å². The lowest BCUT2D eigenvalue weighted by Gasteiger charge is -2.20. The lowest BCUT2D eigenvalue weighted by molar-refractivity contribution is 0.391. The molecule has 0 bridgehead atoms. The Labute approximate surface area is 109 Å². The molecule has 0 spiro atoms. The molecule has 3 nitrogen and oxygen atoms in total. The quantitative estimate of drug-likeness (QED) is 0.458. The molecule has 0 aromatic carbocycles. The first-order valence-corrected chi connectivity index (χ1v) is 8.85. The van der Waals surface area contributed by atoms with Crippen molar-refractivity contribution in [3.8, 4) is 0 Å². The van der Waals surface area contributed by atoms with Crippen molar-refractivity contribution in [1.29, 1.82) is 0 Å². The maximum Gasteiger partial charge on any atom is 0.224 e. The molecule has 0 heterocycles. The average molecular weight is 314 g/mol. The van der Waals surface area contributed by atoms with Crippen molar-refractivity contribution < 1.29 is 8.42 Å². The molecule has 0 amide bonds. The molecule has 0 aliphatic heterocycles. The predicted molar refractivity (Wildman–Crippen MR) is 73.3 cm³/mol. The SMILES string of the molecule is CCCCCN(CCCCC)S(=O)(=O)CBr. The van der Waals surface area contributed by atoms with Gasteiger partial charge >= 0.3 is 0 Å². The predicted octanol–water partition coefficient (Wildman–Crippen LogP) is 3.35. The van der Waals surface area contributed by atoms with Crippen molar-refractivity contribution in [2.24, 2.45) is 0 Å². The van der Waals surface area contributed by atoms with Crippen LogP contribution in [-0.2, 0) is 10.0 Å². The van der Waals surface area contributed by atoms with E-state index in [0.717, 1.165) is 38.5 Å². The van der Waals surface area contributed by atoms with E-state index in [1.54, 1.807) is 4.31 Å². The normalized spacial score (nSPS) is 12.2. The second-order valence-electron chi connectivity index (χ2n) is 4.03. The summed E-state index contributed by atoms with van der Waals surface area (Å²) in [5, 5.41) is 0. The van der Waals surface area contributed by atoms with Gasteiger partial charge in [0.15, 0.2) is 0 Å². The van der Waals surface area contributed by atoms with Gasteiger partial charge in [-0.15, -0.1) is 0 Å². The molecule has 0 saturated heterocycles. The number of unbranched alkanes of at least 4 members (excludes halogenated alkanes) is 4. The van der Waals surface area contributed by atoms with Crippen LogP contribution in [0.5, 0.6) is 0 Å². The van der Waals surface area contributed by atoms with Gasteiger partial charge in [0.1, 0.15) is 4.66 Å². The van der Waals surface area contributed by atoms with Crippen LogP contribution in [-0.4, -0.2) is 30.5 Å². The topological polar surface area (TPSA) is 37.4 Å². The van der Waals surface area contributed by atoms with Gasteiger partial charge in [-0.25, -0.2) is 12.7 Å². The number of alkyl halides is 1. The monoisotopic (exact) mass is 313 g/mol. The molecule has 16 heavy (non-hydrogen) atoms. The highest BCUT2D eigenvalue weighted by atomic mass is 79.9. The Hall–Kier alpha value is 0.390. The molecule has 0 saturated carbocycles. The lowest BCUT2D eigenvalue weighted by Crippen LogP contribution is -2.33. The highest BCUT2D eigenvalue weighted by molar-refractivity contribution is 9.10. The van der Waals surface area contributed by atoms with Gasteiger partial charge in [-0.1, -0.05) is 55.5 Å². The minimum atomic E-state index is -3.07. The average Bonchev–Trinajstić information content (AvgIpc) is 2.27. The number of hydrogen-bond donors (Lipinski definition) is 0. The number of rotatable bonds is 10. The van der Waals surface area contributed by atoms with E-state index >= 15 is 0 Å². The van der Waals surface area contributed by atoms with Gasteiger partial charge in [0, 0.05) is 13.1 Å². The fraction of sp³-hybridized carbons (Fsp3) is 1.00. The molecule has 0 aromatic rings. The van der Waals surface area contributed by atoms with E-state index < -0.39 is 10.0 Å². The molecular weight excluding hydrogens is 290 g/mol. The first-order valence-electron chi connectivity index (χ1n) is 6.12. The molecule has 0 N–H and O–H groups in total. The fourth-order valence-corrected chi connectivity index (χ4v) is 3.36. The number of halogens is 1. The second-order valence-corrected chi connectivity index (χ2v) is 7.31. The van der Waals surface area contributed by atoms with Crippen LogP contribution >= 0.6 is 15.9 Å². The lowest BCUT2D eigenvalue weighted by atomic mass is 10.2. The van der Waals surface area contributed by atoms with E-state index in [1.807, 2.05) is 0 Å². The number of nitrogens with zero attached hydrogens (tertiary/aromatic N) is 1. The minimum Gasteiger partial charge on any atom is -0.211 e. The third-order valence-corrected chi connectivity index (χ3v) is 5.72. The van der Waals surface area contributed by atoms with E-state index in [4.69, 9.17) is 0 Å². The van der Waals surface area contributed by atoms with E-state index in [9.17, 15) is 8.42 Å². The molecule has 0 rings (SSSR count). The maximum atomic E-state index is 11.8. The third-order valence-electron chi connectivity index (χ3n) is 2.55. The molecule has 0 aromatic heterocycles. The van der Waals surface area contributed by atoms with Gasteiger partial charge in [-0.05, 0) is 12.8 Å². The summed E-state index contributed by atoms with van der Waals surface area (Å²) in [6, 6.07) is 0. The van der Waals surface area contributed by atoms with Gasteiger partial charge in [-0.2, -0.15) is 0 Å². The fourth-order valence-electron chi connectivity index (χ4n) is 1.54. The van der Waals surface area contributed by atoms with Gasteiger partial charge in [0.2, 0.25) is 10.0 Å². The summed E-state index contributed by atoms with van der Waals surface area (Å²) in [5.41, 5.74) is 0. The van der Waals surface area contributed by atoms with Crippen LogP contribution in [0.2, 0.25) is 0 Å². The standard InChI is InChI=1S/C11H24BrNO2S/c1-3-5-7-9-13(10-8-6-4-2)16(14,15)11-12/h3-11H2,1-2H3. The van der Waals surface area contributed by atoms with Crippen LogP contribution < -0.4 is 0 Å². The summed E-state index contributed by atoms with van der Waals surface area (Å²) < 4.78 is 25.2. The summed E-state index contributed by atoms with van der Waals surface area (Å²) in [5.74, 6) is 0. The third kappa shape index (κ3) is 6.86. The van der Waals surface area contributed by atoms with Crippen molar-refractivity contribution in [2.75, 3.05) is 17.8 Å². The summed E-state index contributed by atoms with van der Waals surface area (Å²) >= 11 is 3.06. The zero-order valence-electron chi connectivity index (χ0n) is 10.4. The van der Waals surface area contributed by atoms with Crippen LogP contribution in [0.3, 0.4) is 0 Å². The minimum absolute atomic E-state index is 0.0399. The Bertz CT molecular complexity index is 245. The molecule has 98 valence electrons. The molecular formula is C11H24BrNO2S. The molecule has 0 atom stereocenters. The zero-order chi connectivity index (χ0) is 12.4. The van der Waals surface area contributed by atoms with Crippen molar-refractivity contribution in [2.45, 2.75) is 52.4 Å². The molecule has 5 heteroatoms. The molecule has 0 fully saturated rings. The summed E-state index contributed by atoms with van der Waals surface area (Å²) in [6.07, 6.45) is 6.38. The second kappa shape index (κ2) is 9.42. The van der Waals surface area contributed by atoms with Gasteiger partial charge in [0.05, 0.1) is 0 Å². The Kier molecular flexibility index (Phi) is 9.65. The van der Waals surface area contributed by atoms with Crippen LogP contribution in [0.1, 0.15) is 52.4 Å². The van der Waals surface area contributed by atoms with Crippen LogP contribution in [0.25, 0.3) is 0 Å². The molecule has 0 aliphatic carbocycles. The highest BCUT2D eigenvalue weighted by Crippen LogP contribution is 2.10. The van der Waals surface area contributed by atoms with E-state index in [2.05, 4.69) is 29.8 Å². The van der Waals surface area contributed by atoms with Crippen LogP contribution in [0.4, 0.5) is 0 Å². The van der Waals surface area contributed by atoms with Crippen molar-refractivity contribution in [3.63, 3.8) is 0 Å².